The predicted molar refractivity (Wildman–Crippen MR) is 67.3 cm³/mol. The van der Waals surface area contributed by atoms with Crippen LogP contribution in [-0.4, -0.2) is 29.4 Å². The van der Waals surface area contributed by atoms with Crippen LogP contribution in [0.5, 0.6) is 0 Å². The van der Waals surface area contributed by atoms with E-state index in [2.05, 4.69) is 20.8 Å². The van der Waals surface area contributed by atoms with E-state index in [0.29, 0.717) is 0 Å². The van der Waals surface area contributed by atoms with Crippen molar-refractivity contribution in [2.75, 3.05) is 19.6 Å². The highest BCUT2D eigenvalue weighted by atomic mass is 79.9. The number of halogens is 1. The Labute approximate surface area is 102 Å². The Hall–Kier alpha value is 0.440. The molecule has 4 atom stereocenters. The Morgan fingerprint density at radius 2 is 2.07 bits per heavy atom. The summed E-state index contributed by atoms with van der Waals surface area (Å²) in [6.45, 7) is 4.06. The van der Waals surface area contributed by atoms with Crippen molar-refractivity contribution in [3.8, 4) is 0 Å². The van der Waals surface area contributed by atoms with Crippen LogP contribution in [0.2, 0.25) is 0 Å². The fourth-order valence-electron chi connectivity index (χ4n) is 4.10. The van der Waals surface area contributed by atoms with E-state index in [1.807, 2.05) is 0 Å². The molecule has 0 aromatic carbocycles. The van der Waals surface area contributed by atoms with E-state index in [1.165, 1.54) is 32.5 Å². The molecule has 1 aliphatic heterocycles. The standard InChI is InChI=1S/C13H22BrN/c14-13-2-1-5-15(9-13)8-12-7-10-3-4-11(12)6-10/h10-13H,1-9H2. The zero-order valence-corrected chi connectivity index (χ0v) is 11.1. The second-order valence-electron chi connectivity index (χ2n) is 5.93. The van der Waals surface area contributed by atoms with Gasteiger partial charge in [0.05, 0.1) is 0 Å². The maximum absolute atomic E-state index is 3.78. The van der Waals surface area contributed by atoms with Gasteiger partial charge in [-0.3, -0.25) is 0 Å². The van der Waals surface area contributed by atoms with Crippen LogP contribution < -0.4 is 0 Å². The quantitative estimate of drug-likeness (QED) is 0.697. The Morgan fingerprint density at radius 1 is 1.13 bits per heavy atom. The Morgan fingerprint density at radius 3 is 2.73 bits per heavy atom. The van der Waals surface area contributed by atoms with Gasteiger partial charge in [0.2, 0.25) is 0 Å². The molecule has 0 spiro atoms. The van der Waals surface area contributed by atoms with Crippen LogP contribution in [0, 0.1) is 17.8 Å². The summed E-state index contributed by atoms with van der Waals surface area (Å²) in [5.74, 6) is 3.27. The highest BCUT2D eigenvalue weighted by molar-refractivity contribution is 9.09. The molecule has 3 aliphatic rings. The summed E-state index contributed by atoms with van der Waals surface area (Å²) in [5, 5.41) is 0. The van der Waals surface area contributed by atoms with Crippen molar-refractivity contribution in [2.24, 2.45) is 17.8 Å². The van der Waals surface area contributed by atoms with Gasteiger partial charge in [-0.25, -0.2) is 0 Å². The second kappa shape index (κ2) is 4.37. The molecule has 2 bridgehead atoms. The average Bonchev–Trinajstić information content (AvgIpc) is 2.79. The van der Waals surface area contributed by atoms with E-state index in [4.69, 9.17) is 0 Å². The molecular weight excluding hydrogens is 250 g/mol. The first-order chi connectivity index (χ1) is 7.31. The molecule has 4 unspecified atom stereocenters. The molecule has 3 rings (SSSR count). The number of nitrogens with zero attached hydrogens (tertiary/aromatic N) is 1. The first-order valence-corrected chi connectivity index (χ1v) is 7.59. The highest BCUT2D eigenvalue weighted by Gasteiger charge is 2.40. The van der Waals surface area contributed by atoms with Gasteiger partial charge in [0.15, 0.2) is 0 Å². The van der Waals surface area contributed by atoms with Gasteiger partial charge in [-0.05, 0) is 56.4 Å². The van der Waals surface area contributed by atoms with Crippen molar-refractivity contribution in [3.05, 3.63) is 0 Å². The lowest BCUT2D eigenvalue weighted by atomic mass is 9.88. The molecule has 3 fully saturated rings. The molecule has 0 amide bonds. The molecular formula is C13H22BrN. The molecule has 86 valence electrons. The zero-order chi connectivity index (χ0) is 10.3. The van der Waals surface area contributed by atoms with Crippen LogP contribution in [0.4, 0.5) is 0 Å². The molecule has 2 saturated carbocycles. The van der Waals surface area contributed by atoms with Gasteiger partial charge in [0.1, 0.15) is 0 Å². The summed E-state index contributed by atoms with van der Waals surface area (Å²) in [6, 6.07) is 0. The lowest BCUT2D eigenvalue weighted by Crippen LogP contribution is -2.39. The molecule has 2 heteroatoms. The molecule has 2 aliphatic carbocycles. The van der Waals surface area contributed by atoms with Crippen LogP contribution >= 0.6 is 15.9 Å². The lowest BCUT2D eigenvalue weighted by molar-refractivity contribution is 0.169. The van der Waals surface area contributed by atoms with E-state index in [1.54, 1.807) is 25.7 Å². The predicted octanol–water partition coefficient (Wildman–Crippen LogP) is 3.28. The van der Waals surface area contributed by atoms with E-state index in [0.717, 1.165) is 22.6 Å². The van der Waals surface area contributed by atoms with E-state index < -0.39 is 0 Å². The van der Waals surface area contributed by atoms with Gasteiger partial charge >= 0.3 is 0 Å². The largest absolute Gasteiger partial charge is 0.302 e. The number of rotatable bonds is 2. The molecule has 15 heavy (non-hydrogen) atoms. The normalized spacial score (nSPS) is 46.2. The van der Waals surface area contributed by atoms with Gasteiger partial charge in [-0.1, -0.05) is 22.4 Å². The number of hydrogen-bond donors (Lipinski definition) is 0. The summed E-state index contributed by atoms with van der Waals surface area (Å²) >= 11 is 3.78. The van der Waals surface area contributed by atoms with Crippen molar-refractivity contribution in [2.45, 2.75) is 43.4 Å². The molecule has 1 heterocycles. The maximum atomic E-state index is 3.78. The van der Waals surface area contributed by atoms with Gasteiger partial charge in [-0.15, -0.1) is 0 Å². The summed E-state index contributed by atoms with van der Waals surface area (Å²) in [4.78, 5) is 3.48. The number of likely N-dealkylation sites (tertiary alicyclic amines) is 1. The minimum atomic E-state index is 0.768. The van der Waals surface area contributed by atoms with E-state index >= 15 is 0 Å². The van der Waals surface area contributed by atoms with Crippen molar-refractivity contribution in [1.82, 2.24) is 4.90 Å². The van der Waals surface area contributed by atoms with Crippen molar-refractivity contribution < 1.29 is 0 Å². The Kier molecular flexibility index (Phi) is 3.08. The molecule has 0 N–H and O–H groups in total. The van der Waals surface area contributed by atoms with E-state index in [9.17, 15) is 0 Å². The van der Waals surface area contributed by atoms with Crippen LogP contribution in [0.15, 0.2) is 0 Å². The van der Waals surface area contributed by atoms with Crippen LogP contribution in [0.25, 0.3) is 0 Å². The topological polar surface area (TPSA) is 3.24 Å². The van der Waals surface area contributed by atoms with Crippen LogP contribution in [0.1, 0.15) is 38.5 Å². The third kappa shape index (κ3) is 2.26. The monoisotopic (exact) mass is 271 g/mol. The summed E-state index contributed by atoms with van der Waals surface area (Å²) in [6.07, 6.45) is 8.98. The maximum Gasteiger partial charge on any atom is 0.0273 e. The van der Waals surface area contributed by atoms with Crippen molar-refractivity contribution in [3.63, 3.8) is 0 Å². The van der Waals surface area contributed by atoms with Gasteiger partial charge in [-0.2, -0.15) is 0 Å². The van der Waals surface area contributed by atoms with E-state index in [-0.39, 0.29) is 0 Å². The van der Waals surface area contributed by atoms with Crippen molar-refractivity contribution >= 4 is 15.9 Å². The summed E-state index contributed by atoms with van der Waals surface area (Å²) < 4.78 is 0. The average molecular weight is 272 g/mol. The highest BCUT2D eigenvalue weighted by Crippen LogP contribution is 2.48. The van der Waals surface area contributed by atoms with Crippen LogP contribution in [-0.2, 0) is 0 Å². The fourth-order valence-corrected chi connectivity index (χ4v) is 4.83. The number of hydrogen-bond acceptors (Lipinski definition) is 1. The molecule has 0 aromatic rings. The number of piperidine rings is 1. The summed E-state index contributed by atoms with van der Waals surface area (Å²) in [5.41, 5.74) is 0. The first-order valence-electron chi connectivity index (χ1n) is 6.67. The molecule has 0 aromatic heterocycles. The molecule has 1 nitrogen and oxygen atoms in total. The lowest BCUT2D eigenvalue weighted by Gasteiger charge is -2.34. The van der Waals surface area contributed by atoms with Gasteiger partial charge in [0, 0.05) is 17.9 Å². The molecule has 1 saturated heterocycles. The van der Waals surface area contributed by atoms with Crippen molar-refractivity contribution in [1.29, 1.82) is 0 Å². The third-order valence-electron chi connectivity index (χ3n) is 4.83. The Bertz CT molecular complexity index is 231. The number of alkyl halides is 1. The Balaban J connectivity index is 1.52. The zero-order valence-electron chi connectivity index (χ0n) is 9.50. The minimum absolute atomic E-state index is 0.768. The smallest absolute Gasteiger partial charge is 0.0273 e. The fraction of sp³-hybridized carbons (Fsp3) is 1.00. The van der Waals surface area contributed by atoms with Gasteiger partial charge < -0.3 is 4.90 Å². The number of fused-ring (bicyclic) bond motifs is 2. The minimum Gasteiger partial charge on any atom is -0.302 e. The second-order valence-corrected chi connectivity index (χ2v) is 7.23. The molecule has 0 radical (unpaired) electrons. The van der Waals surface area contributed by atoms with Crippen LogP contribution in [0.3, 0.4) is 0 Å². The third-order valence-corrected chi connectivity index (χ3v) is 5.57. The SMILES string of the molecule is BrC1CCCN(CC2CC3CCC2C3)C1. The van der Waals surface area contributed by atoms with Gasteiger partial charge in [0.25, 0.3) is 0 Å². The summed E-state index contributed by atoms with van der Waals surface area (Å²) in [7, 11) is 0. The first kappa shape index (κ1) is 10.6.